The zero-order chi connectivity index (χ0) is 21.9. The summed E-state index contributed by atoms with van der Waals surface area (Å²) in [5, 5.41) is 2.92. The van der Waals surface area contributed by atoms with Crippen LogP contribution in [0.1, 0.15) is 23.1 Å². The SMILES string of the molecule is CCOC(=O)c1nc(-c2cc(Oc3ccc(NC)c(N)c3)ccn2)[nH]c1C(F)(F)F. The Bertz CT molecular complexity index is 1070. The average Bonchev–Trinajstić information content (AvgIpc) is 3.15. The second-order valence-corrected chi connectivity index (χ2v) is 6.01. The number of nitrogens with one attached hydrogen (secondary N) is 2. The van der Waals surface area contributed by atoms with Gasteiger partial charge in [-0.1, -0.05) is 0 Å². The highest BCUT2D eigenvalue weighted by Crippen LogP contribution is 2.34. The summed E-state index contributed by atoms with van der Waals surface area (Å²) < 4.78 is 50.3. The number of rotatable bonds is 6. The Hall–Kier alpha value is -3.76. The van der Waals surface area contributed by atoms with E-state index in [9.17, 15) is 18.0 Å². The first-order chi connectivity index (χ1) is 14.2. The van der Waals surface area contributed by atoms with E-state index in [4.69, 9.17) is 10.5 Å². The van der Waals surface area contributed by atoms with Gasteiger partial charge < -0.3 is 25.5 Å². The predicted molar refractivity (Wildman–Crippen MR) is 103 cm³/mol. The normalized spacial score (nSPS) is 11.2. The van der Waals surface area contributed by atoms with Crippen molar-refractivity contribution in [1.82, 2.24) is 15.0 Å². The number of alkyl halides is 3. The van der Waals surface area contributed by atoms with E-state index in [0.29, 0.717) is 17.2 Å². The van der Waals surface area contributed by atoms with Gasteiger partial charge in [-0.05, 0) is 25.1 Å². The number of benzene rings is 1. The number of pyridine rings is 1. The Labute approximate surface area is 169 Å². The van der Waals surface area contributed by atoms with Gasteiger partial charge in [0.25, 0.3) is 0 Å². The number of imidazole rings is 1. The van der Waals surface area contributed by atoms with Gasteiger partial charge in [-0.25, -0.2) is 9.78 Å². The lowest BCUT2D eigenvalue weighted by Crippen LogP contribution is -2.15. The zero-order valence-corrected chi connectivity index (χ0v) is 16.0. The maximum Gasteiger partial charge on any atom is 0.433 e. The number of H-pyrrole nitrogens is 1. The summed E-state index contributed by atoms with van der Waals surface area (Å²) in [6.07, 6.45) is -3.48. The standard InChI is InChI=1S/C19H18F3N5O3/c1-3-29-18(28)15-16(19(20,21)22)27-17(26-15)14-9-11(6-7-25-14)30-10-4-5-13(24-2)12(23)8-10/h4-9,24H,3,23H2,1-2H3,(H,26,27). The number of ether oxygens (including phenoxy) is 2. The van der Waals surface area contributed by atoms with Crippen LogP contribution in [0.5, 0.6) is 11.5 Å². The molecule has 0 radical (unpaired) electrons. The van der Waals surface area contributed by atoms with E-state index in [2.05, 4.69) is 25.0 Å². The molecule has 30 heavy (non-hydrogen) atoms. The topological polar surface area (TPSA) is 115 Å². The summed E-state index contributed by atoms with van der Waals surface area (Å²) in [7, 11) is 1.73. The van der Waals surface area contributed by atoms with Crippen LogP contribution in [0.4, 0.5) is 24.5 Å². The number of esters is 1. The summed E-state index contributed by atoms with van der Waals surface area (Å²) >= 11 is 0. The zero-order valence-electron chi connectivity index (χ0n) is 16.0. The number of nitrogen functional groups attached to an aromatic ring is 1. The molecule has 4 N–H and O–H groups in total. The van der Waals surface area contributed by atoms with Crippen LogP contribution in [0.25, 0.3) is 11.5 Å². The first-order valence-electron chi connectivity index (χ1n) is 8.78. The Morgan fingerprint density at radius 1 is 1.23 bits per heavy atom. The molecule has 0 spiro atoms. The van der Waals surface area contributed by atoms with Crippen LogP contribution < -0.4 is 15.8 Å². The van der Waals surface area contributed by atoms with Crippen molar-refractivity contribution in [3.8, 4) is 23.0 Å². The summed E-state index contributed by atoms with van der Waals surface area (Å²) in [6.45, 7) is 1.40. The molecule has 0 bridgehead atoms. The minimum absolute atomic E-state index is 0.0494. The number of aromatic nitrogens is 3. The van der Waals surface area contributed by atoms with E-state index in [1.165, 1.54) is 25.3 Å². The molecule has 3 rings (SSSR count). The molecule has 0 amide bonds. The summed E-state index contributed by atoms with van der Waals surface area (Å²) in [6, 6.07) is 7.90. The molecular weight excluding hydrogens is 403 g/mol. The first-order valence-corrected chi connectivity index (χ1v) is 8.78. The first kappa shape index (κ1) is 21.0. The summed E-state index contributed by atoms with van der Waals surface area (Å²) in [5.41, 5.74) is 4.97. The lowest BCUT2D eigenvalue weighted by molar-refractivity contribution is -0.141. The molecule has 158 valence electrons. The van der Waals surface area contributed by atoms with E-state index in [0.717, 1.165) is 5.69 Å². The fourth-order valence-electron chi connectivity index (χ4n) is 2.62. The number of hydrogen-bond donors (Lipinski definition) is 3. The minimum atomic E-state index is -4.83. The van der Waals surface area contributed by atoms with Gasteiger partial charge in [0, 0.05) is 25.4 Å². The van der Waals surface area contributed by atoms with Gasteiger partial charge >= 0.3 is 12.1 Å². The number of halogens is 3. The molecule has 0 saturated heterocycles. The van der Waals surface area contributed by atoms with Gasteiger partial charge in [-0.15, -0.1) is 0 Å². The number of hydrogen-bond acceptors (Lipinski definition) is 7. The number of aromatic amines is 1. The highest BCUT2D eigenvalue weighted by Gasteiger charge is 2.39. The summed E-state index contributed by atoms with van der Waals surface area (Å²) in [5.74, 6) is -0.716. The molecule has 0 aliphatic rings. The van der Waals surface area contributed by atoms with Crippen molar-refractivity contribution in [2.45, 2.75) is 13.1 Å². The van der Waals surface area contributed by atoms with Gasteiger partial charge in [-0.3, -0.25) is 4.98 Å². The minimum Gasteiger partial charge on any atom is -0.461 e. The molecular formula is C19H18F3N5O3. The van der Waals surface area contributed by atoms with Gasteiger partial charge in [0.15, 0.2) is 17.2 Å². The summed E-state index contributed by atoms with van der Waals surface area (Å²) in [4.78, 5) is 21.8. The number of anilines is 2. The molecule has 1 aromatic carbocycles. The maximum absolute atomic E-state index is 13.3. The van der Waals surface area contributed by atoms with Gasteiger partial charge in [-0.2, -0.15) is 13.2 Å². The third kappa shape index (κ3) is 4.45. The molecule has 0 fully saturated rings. The number of nitrogens with two attached hydrogens (primary N) is 1. The van der Waals surface area contributed by atoms with Crippen LogP contribution in [0.15, 0.2) is 36.5 Å². The highest BCUT2D eigenvalue weighted by atomic mass is 19.4. The van der Waals surface area contributed by atoms with Crippen LogP contribution in [-0.4, -0.2) is 34.6 Å². The largest absolute Gasteiger partial charge is 0.461 e. The van der Waals surface area contributed by atoms with Gasteiger partial charge in [0.2, 0.25) is 0 Å². The maximum atomic E-state index is 13.3. The molecule has 2 aromatic heterocycles. The monoisotopic (exact) mass is 421 g/mol. The number of nitrogens with zero attached hydrogens (tertiary/aromatic N) is 2. The van der Waals surface area contributed by atoms with Crippen molar-refractivity contribution in [3.63, 3.8) is 0 Å². The van der Waals surface area contributed by atoms with Crippen LogP contribution in [0.2, 0.25) is 0 Å². The van der Waals surface area contributed by atoms with Crippen molar-refractivity contribution in [2.24, 2.45) is 0 Å². The molecule has 8 nitrogen and oxygen atoms in total. The predicted octanol–water partition coefficient (Wildman–Crippen LogP) is 4.08. The lowest BCUT2D eigenvalue weighted by Gasteiger charge is -2.10. The second-order valence-electron chi connectivity index (χ2n) is 6.01. The molecule has 0 unspecified atom stereocenters. The third-order valence-electron chi connectivity index (χ3n) is 3.96. The van der Waals surface area contributed by atoms with E-state index in [1.54, 1.807) is 25.2 Å². The Morgan fingerprint density at radius 2 is 1.97 bits per heavy atom. The molecule has 3 aromatic rings. The fraction of sp³-hybridized carbons (Fsp3) is 0.211. The van der Waals surface area contributed by atoms with Crippen LogP contribution in [0, 0.1) is 0 Å². The smallest absolute Gasteiger partial charge is 0.433 e. The number of carbonyl (C=O) groups is 1. The van der Waals surface area contributed by atoms with E-state index < -0.39 is 23.5 Å². The van der Waals surface area contributed by atoms with Crippen LogP contribution >= 0.6 is 0 Å². The van der Waals surface area contributed by atoms with Crippen molar-refractivity contribution in [1.29, 1.82) is 0 Å². The molecule has 0 saturated carbocycles. The van der Waals surface area contributed by atoms with Crippen molar-refractivity contribution in [2.75, 3.05) is 24.7 Å². The average molecular weight is 421 g/mol. The second kappa shape index (κ2) is 8.31. The molecule has 2 heterocycles. The van der Waals surface area contributed by atoms with Crippen LogP contribution in [0.3, 0.4) is 0 Å². The molecule has 11 heteroatoms. The van der Waals surface area contributed by atoms with Gasteiger partial charge in [0.05, 0.1) is 18.0 Å². The lowest BCUT2D eigenvalue weighted by atomic mass is 10.2. The Kier molecular flexibility index (Phi) is 5.81. The van der Waals surface area contributed by atoms with E-state index in [1.807, 2.05) is 0 Å². The quantitative estimate of drug-likeness (QED) is 0.406. The van der Waals surface area contributed by atoms with Crippen molar-refractivity contribution in [3.05, 3.63) is 47.9 Å². The van der Waals surface area contributed by atoms with E-state index in [-0.39, 0.29) is 18.1 Å². The highest BCUT2D eigenvalue weighted by molar-refractivity contribution is 5.89. The van der Waals surface area contributed by atoms with E-state index >= 15 is 0 Å². The molecule has 0 aliphatic carbocycles. The van der Waals surface area contributed by atoms with Gasteiger partial charge in [0.1, 0.15) is 17.2 Å². The molecule has 0 atom stereocenters. The van der Waals surface area contributed by atoms with Crippen molar-refractivity contribution >= 4 is 17.3 Å². The Morgan fingerprint density at radius 3 is 2.60 bits per heavy atom. The third-order valence-corrected chi connectivity index (χ3v) is 3.96. The molecule has 0 aliphatic heterocycles. The van der Waals surface area contributed by atoms with Crippen LogP contribution in [-0.2, 0) is 10.9 Å². The number of carbonyl (C=O) groups excluding carboxylic acids is 1. The fourth-order valence-corrected chi connectivity index (χ4v) is 2.62. The van der Waals surface area contributed by atoms with Crippen molar-refractivity contribution < 1.29 is 27.4 Å². The Balaban J connectivity index is 1.94.